The van der Waals surface area contributed by atoms with Crippen LogP contribution in [0.5, 0.6) is 17.2 Å². The van der Waals surface area contributed by atoms with Crippen molar-refractivity contribution in [1.29, 1.82) is 0 Å². The SMILES string of the molecule is COc1ccc(C(C)(C)NS(=O)(=O)c2ccc3c(c2)OCO3)cc1. The summed E-state index contributed by atoms with van der Waals surface area (Å²) >= 11 is 0. The minimum Gasteiger partial charge on any atom is -0.497 e. The Balaban J connectivity index is 1.87. The Kier molecular flexibility index (Phi) is 4.15. The van der Waals surface area contributed by atoms with Gasteiger partial charge in [0, 0.05) is 6.07 Å². The van der Waals surface area contributed by atoms with Crippen LogP contribution in [0.4, 0.5) is 0 Å². The average molecular weight is 349 g/mol. The Morgan fingerprint density at radius 3 is 2.38 bits per heavy atom. The van der Waals surface area contributed by atoms with E-state index in [1.807, 2.05) is 12.1 Å². The lowest BCUT2D eigenvalue weighted by Crippen LogP contribution is -2.40. The second kappa shape index (κ2) is 5.99. The summed E-state index contributed by atoms with van der Waals surface area (Å²) in [6.07, 6.45) is 0. The third-order valence-corrected chi connectivity index (χ3v) is 5.51. The van der Waals surface area contributed by atoms with Gasteiger partial charge < -0.3 is 14.2 Å². The van der Waals surface area contributed by atoms with Crippen molar-refractivity contribution < 1.29 is 22.6 Å². The molecule has 0 aromatic heterocycles. The van der Waals surface area contributed by atoms with Crippen LogP contribution in [0.1, 0.15) is 19.4 Å². The van der Waals surface area contributed by atoms with Crippen LogP contribution >= 0.6 is 0 Å². The van der Waals surface area contributed by atoms with Gasteiger partial charge in [-0.15, -0.1) is 0 Å². The van der Waals surface area contributed by atoms with E-state index >= 15 is 0 Å². The normalized spacial score (nSPS) is 13.8. The second-order valence-electron chi connectivity index (χ2n) is 5.97. The van der Waals surface area contributed by atoms with Crippen molar-refractivity contribution in [2.45, 2.75) is 24.3 Å². The molecule has 1 aliphatic rings. The molecule has 24 heavy (non-hydrogen) atoms. The number of ether oxygens (including phenoxy) is 3. The monoisotopic (exact) mass is 349 g/mol. The van der Waals surface area contributed by atoms with Gasteiger partial charge in [0.15, 0.2) is 11.5 Å². The molecule has 0 spiro atoms. The number of hydrogen-bond acceptors (Lipinski definition) is 5. The molecule has 7 heteroatoms. The van der Waals surface area contributed by atoms with E-state index in [1.54, 1.807) is 39.2 Å². The van der Waals surface area contributed by atoms with Crippen molar-refractivity contribution in [1.82, 2.24) is 4.72 Å². The number of sulfonamides is 1. The van der Waals surface area contributed by atoms with Crippen molar-refractivity contribution in [2.75, 3.05) is 13.9 Å². The standard InChI is InChI=1S/C17H19NO5S/c1-17(2,12-4-6-13(21-3)7-5-12)18-24(19,20)14-8-9-15-16(10-14)23-11-22-15/h4-10,18H,11H2,1-3H3. The highest BCUT2D eigenvalue weighted by molar-refractivity contribution is 7.89. The fourth-order valence-corrected chi connectivity index (χ4v) is 3.92. The maximum absolute atomic E-state index is 12.7. The van der Waals surface area contributed by atoms with Crippen LogP contribution in [0, 0.1) is 0 Å². The first-order valence-electron chi connectivity index (χ1n) is 7.40. The molecule has 0 saturated heterocycles. The lowest BCUT2D eigenvalue weighted by molar-refractivity contribution is 0.174. The summed E-state index contributed by atoms with van der Waals surface area (Å²) < 4.78 is 43.7. The van der Waals surface area contributed by atoms with E-state index in [4.69, 9.17) is 14.2 Å². The zero-order valence-electron chi connectivity index (χ0n) is 13.7. The van der Waals surface area contributed by atoms with E-state index in [0.29, 0.717) is 17.2 Å². The fraction of sp³-hybridized carbons (Fsp3) is 0.294. The van der Waals surface area contributed by atoms with E-state index in [-0.39, 0.29) is 11.7 Å². The molecule has 0 amide bonds. The molecule has 1 N–H and O–H groups in total. The number of methoxy groups -OCH3 is 1. The molecule has 1 aliphatic heterocycles. The maximum atomic E-state index is 12.7. The Bertz CT molecular complexity index is 844. The van der Waals surface area contributed by atoms with Gasteiger partial charge in [0.2, 0.25) is 16.8 Å². The molecule has 0 atom stereocenters. The van der Waals surface area contributed by atoms with E-state index < -0.39 is 15.6 Å². The van der Waals surface area contributed by atoms with Crippen LogP contribution in [0.3, 0.4) is 0 Å². The Hall–Kier alpha value is -2.25. The third kappa shape index (κ3) is 3.18. The van der Waals surface area contributed by atoms with Crippen LogP contribution in [0.25, 0.3) is 0 Å². The highest BCUT2D eigenvalue weighted by Crippen LogP contribution is 2.34. The highest BCUT2D eigenvalue weighted by atomic mass is 32.2. The van der Waals surface area contributed by atoms with Crippen molar-refractivity contribution in [3.8, 4) is 17.2 Å². The molecule has 0 fully saturated rings. The van der Waals surface area contributed by atoms with Crippen molar-refractivity contribution in [3.05, 3.63) is 48.0 Å². The molecule has 6 nitrogen and oxygen atoms in total. The molecule has 2 aromatic carbocycles. The molecule has 128 valence electrons. The number of rotatable bonds is 5. The van der Waals surface area contributed by atoms with E-state index in [0.717, 1.165) is 5.56 Å². The van der Waals surface area contributed by atoms with Crippen LogP contribution in [0.15, 0.2) is 47.4 Å². The Morgan fingerprint density at radius 1 is 1.04 bits per heavy atom. The maximum Gasteiger partial charge on any atom is 0.241 e. The minimum absolute atomic E-state index is 0.101. The Labute approximate surface area is 141 Å². The minimum atomic E-state index is -3.72. The molecular weight excluding hydrogens is 330 g/mol. The number of fused-ring (bicyclic) bond motifs is 1. The van der Waals surface area contributed by atoms with Gasteiger partial charge in [-0.25, -0.2) is 13.1 Å². The van der Waals surface area contributed by atoms with Gasteiger partial charge in [0.05, 0.1) is 17.5 Å². The highest BCUT2D eigenvalue weighted by Gasteiger charge is 2.29. The Morgan fingerprint density at radius 2 is 1.71 bits per heavy atom. The summed E-state index contributed by atoms with van der Waals surface area (Å²) in [6.45, 7) is 3.71. The molecule has 0 unspecified atom stereocenters. The van der Waals surface area contributed by atoms with Gasteiger partial charge in [-0.3, -0.25) is 0 Å². The van der Waals surface area contributed by atoms with Gasteiger partial charge in [-0.2, -0.15) is 0 Å². The van der Waals surface area contributed by atoms with Gasteiger partial charge in [-0.1, -0.05) is 12.1 Å². The summed E-state index contributed by atoms with van der Waals surface area (Å²) in [6, 6.07) is 11.8. The van der Waals surface area contributed by atoms with Gasteiger partial charge in [0.1, 0.15) is 5.75 Å². The number of hydrogen-bond donors (Lipinski definition) is 1. The molecule has 0 radical (unpaired) electrons. The van der Waals surface area contributed by atoms with Crippen LogP contribution in [-0.2, 0) is 15.6 Å². The fourth-order valence-electron chi connectivity index (χ4n) is 2.51. The van der Waals surface area contributed by atoms with Gasteiger partial charge >= 0.3 is 0 Å². The first-order valence-corrected chi connectivity index (χ1v) is 8.88. The molecule has 0 saturated carbocycles. The van der Waals surface area contributed by atoms with Crippen molar-refractivity contribution in [2.24, 2.45) is 0 Å². The molecule has 1 heterocycles. The lowest BCUT2D eigenvalue weighted by Gasteiger charge is -2.26. The van der Waals surface area contributed by atoms with E-state index in [1.165, 1.54) is 12.1 Å². The zero-order chi connectivity index (χ0) is 17.4. The molecule has 0 bridgehead atoms. The van der Waals surface area contributed by atoms with Crippen LogP contribution < -0.4 is 18.9 Å². The van der Waals surface area contributed by atoms with Crippen LogP contribution in [-0.4, -0.2) is 22.3 Å². The third-order valence-electron chi connectivity index (χ3n) is 3.86. The van der Waals surface area contributed by atoms with Gasteiger partial charge in [-0.05, 0) is 43.7 Å². The average Bonchev–Trinajstić information content (AvgIpc) is 3.01. The molecular formula is C17H19NO5S. The number of benzene rings is 2. The number of nitrogens with one attached hydrogen (secondary N) is 1. The summed E-state index contributed by atoms with van der Waals surface area (Å²) in [7, 11) is -2.13. The summed E-state index contributed by atoms with van der Waals surface area (Å²) in [5, 5.41) is 0. The molecule has 2 aromatic rings. The smallest absolute Gasteiger partial charge is 0.241 e. The predicted molar refractivity (Wildman–Crippen MR) is 88.9 cm³/mol. The predicted octanol–water partition coefficient (Wildman–Crippen LogP) is 2.64. The molecule has 0 aliphatic carbocycles. The first-order chi connectivity index (χ1) is 11.3. The lowest BCUT2D eigenvalue weighted by atomic mass is 9.96. The van der Waals surface area contributed by atoms with Crippen molar-refractivity contribution in [3.63, 3.8) is 0 Å². The zero-order valence-corrected chi connectivity index (χ0v) is 14.5. The molecule has 3 rings (SSSR count). The van der Waals surface area contributed by atoms with E-state index in [9.17, 15) is 8.42 Å². The quantitative estimate of drug-likeness (QED) is 0.898. The summed E-state index contributed by atoms with van der Waals surface area (Å²) in [5.41, 5.74) is 0.0363. The first kappa shape index (κ1) is 16.6. The van der Waals surface area contributed by atoms with Crippen LogP contribution in [0.2, 0.25) is 0 Å². The van der Waals surface area contributed by atoms with E-state index in [2.05, 4.69) is 4.72 Å². The topological polar surface area (TPSA) is 73.9 Å². The van der Waals surface area contributed by atoms with Gasteiger partial charge in [0.25, 0.3) is 0 Å². The second-order valence-corrected chi connectivity index (χ2v) is 7.66. The summed E-state index contributed by atoms with van der Waals surface area (Å²) in [4.78, 5) is 0.133. The van der Waals surface area contributed by atoms with Crippen molar-refractivity contribution >= 4 is 10.0 Å². The summed E-state index contributed by atoms with van der Waals surface area (Å²) in [5.74, 6) is 1.69. The largest absolute Gasteiger partial charge is 0.497 e.